The Morgan fingerprint density at radius 2 is 2.00 bits per heavy atom. The van der Waals surface area contributed by atoms with Crippen molar-refractivity contribution in [2.45, 2.75) is 19.5 Å². The van der Waals surface area contributed by atoms with Crippen LogP contribution in [0.5, 0.6) is 5.75 Å². The smallest absolute Gasteiger partial charge is 0.431 e. The van der Waals surface area contributed by atoms with Crippen molar-refractivity contribution in [1.82, 2.24) is 9.97 Å². The highest BCUT2D eigenvalue weighted by molar-refractivity contribution is 7.71. The highest BCUT2D eigenvalue weighted by Crippen LogP contribution is 2.33. The molecule has 0 spiro atoms. The Morgan fingerprint density at radius 1 is 1.29 bits per heavy atom. The molecule has 0 aliphatic carbocycles. The van der Waals surface area contributed by atoms with Crippen LogP contribution in [-0.2, 0) is 6.18 Å². The van der Waals surface area contributed by atoms with E-state index >= 15 is 0 Å². The standard InChI is InChI=1S/C14H13F3N2OS/c1-2-7-20-11-6-4-3-5-9(11)10-8-12(14(15,16)17)19-13(21)18-10/h3-6,8H,2,7H2,1H3,(H,18,19,21). The van der Waals surface area contributed by atoms with Gasteiger partial charge in [0.1, 0.15) is 11.4 Å². The number of H-pyrrole nitrogens is 1. The summed E-state index contributed by atoms with van der Waals surface area (Å²) in [5, 5.41) is 0. The van der Waals surface area contributed by atoms with Crippen LogP contribution in [-0.4, -0.2) is 16.6 Å². The van der Waals surface area contributed by atoms with Gasteiger partial charge in [-0.05, 0) is 36.8 Å². The summed E-state index contributed by atoms with van der Waals surface area (Å²) >= 11 is 4.78. The number of hydrogen-bond donors (Lipinski definition) is 1. The molecule has 0 bridgehead atoms. The second kappa shape index (κ2) is 6.26. The number of nitrogens with zero attached hydrogens (tertiary/aromatic N) is 1. The zero-order chi connectivity index (χ0) is 15.5. The number of rotatable bonds is 4. The molecule has 3 nitrogen and oxygen atoms in total. The third-order valence-electron chi connectivity index (χ3n) is 2.67. The summed E-state index contributed by atoms with van der Waals surface area (Å²) in [4.78, 5) is 6.02. The summed E-state index contributed by atoms with van der Waals surface area (Å²) in [7, 11) is 0. The van der Waals surface area contributed by atoms with E-state index in [4.69, 9.17) is 17.0 Å². The third-order valence-corrected chi connectivity index (χ3v) is 2.87. The van der Waals surface area contributed by atoms with Gasteiger partial charge in [0.2, 0.25) is 0 Å². The molecule has 21 heavy (non-hydrogen) atoms. The molecule has 112 valence electrons. The van der Waals surface area contributed by atoms with Crippen molar-refractivity contribution >= 4 is 12.2 Å². The molecule has 0 aliphatic heterocycles. The fourth-order valence-corrected chi connectivity index (χ4v) is 1.97. The van der Waals surface area contributed by atoms with Crippen LogP contribution in [0.15, 0.2) is 30.3 Å². The highest BCUT2D eigenvalue weighted by atomic mass is 32.1. The van der Waals surface area contributed by atoms with E-state index in [0.717, 1.165) is 12.5 Å². The molecule has 0 aliphatic rings. The molecule has 7 heteroatoms. The van der Waals surface area contributed by atoms with E-state index in [1.807, 2.05) is 6.92 Å². The maximum Gasteiger partial charge on any atom is 0.431 e. The molecule has 1 aromatic heterocycles. The lowest BCUT2D eigenvalue weighted by molar-refractivity contribution is -0.141. The van der Waals surface area contributed by atoms with Gasteiger partial charge >= 0.3 is 6.18 Å². The number of aromatic nitrogens is 2. The number of ether oxygens (including phenoxy) is 1. The minimum atomic E-state index is -4.51. The van der Waals surface area contributed by atoms with Crippen molar-refractivity contribution in [2.75, 3.05) is 6.61 Å². The van der Waals surface area contributed by atoms with E-state index in [-0.39, 0.29) is 10.5 Å². The Balaban J connectivity index is 2.52. The normalized spacial score (nSPS) is 11.4. The topological polar surface area (TPSA) is 37.9 Å². The molecule has 1 aromatic carbocycles. The molecular weight excluding hydrogens is 301 g/mol. The van der Waals surface area contributed by atoms with Crippen molar-refractivity contribution in [3.63, 3.8) is 0 Å². The van der Waals surface area contributed by atoms with Gasteiger partial charge in [0.25, 0.3) is 0 Å². The van der Waals surface area contributed by atoms with Gasteiger partial charge in [0, 0.05) is 5.56 Å². The van der Waals surface area contributed by atoms with Crippen molar-refractivity contribution in [1.29, 1.82) is 0 Å². The first-order valence-electron chi connectivity index (χ1n) is 6.32. The maximum atomic E-state index is 12.8. The van der Waals surface area contributed by atoms with Crippen LogP contribution in [0.2, 0.25) is 0 Å². The summed E-state index contributed by atoms with van der Waals surface area (Å²) in [5.74, 6) is 0.487. The minimum absolute atomic E-state index is 0.137. The number of alkyl halides is 3. The van der Waals surface area contributed by atoms with E-state index in [0.29, 0.717) is 17.9 Å². The molecule has 0 fully saturated rings. The zero-order valence-corrected chi connectivity index (χ0v) is 12.0. The molecule has 2 aromatic rings. The molecule has 0 saturated heterocycles. The second-order valence-corrected chi connectivity index (χ2v) is 4.71. The van der Waals surface area contributed by atoms with Crippen molar-refractivity contribution in [3.8, 4) is 17.0 Å². The lowest BCUT2D eigenvalue weighted by Crippen LogP contribution is -2.09. The van der Waals surface area contributed by atoms with Gasteiger partial charge in [-0.25, -0.2) is 4.98 Å². The zero-order valence-electron chi connectivity index (χ0n) is 11.2. The Hall–Kier alpha value is -1.89. The van der Waals surface area contributed by atoms with E-state index in [9.17, 15) is 13.2 Å². The van der Waals surface area contributed by atoms with Crippen molar-refractivity contribution in [2.24, 2.45) is 0 Å². The van der Waals surface area contributed by atoms with Gasteiger partial charge in [-0.1, -0.05) is 19.1 Å². The maximum absolute atomic E-state index is 12.8. The predicted octanol–water partition coefficient (Wildman–Crippen LogP) is 4.61. The summed E-state index contributed by atoms with van der Waals surface area (Å²) < 4.78 is 43.8. The summed E-state index contributed by atoms with van der Waals surface area (Å²) in [6, 6.07) is 7.75. The number of nitrogens with one attached hydrogen (secondary N) is 1. The highest BCUT2D eigenvalue weighted by Gasteiger charge is 2.32. The van der Waals surface area contributed by atoms with Gasteiger partial charge in [-0.15, -0.1) is 0 Å². The van der Waals surface area contributed by atoms with Gasteiger partial charge in [-0.2, -0.15) is 13.2 Å². The fraction of sp³-hybridized carbons (Fsp3) is 0.286. The first-order valence-corrected chi connectivity index (χ1v) is 6.73. The van der Waals surface area contributed by atoms with E-state index in [1.165, 1.54) is 0 Å². The van der Waals surface area contributed by atoms with Crippen molar-refractivity contribution < 1.29 is 17.9 Å². The Morgan fingerprint density at radius 3 is 2.67 bits per heavy atom. The number of para-hydroxylation sites is 1. The van der Waals surface area contributed by atoms with Crippen LogP contribution in [0.1, 0.15) is 19.0 Å². The number of aromatic amines is 1. The SMILES string of the molecule is CCCOc1ccccc1-c1cc(C(F)(F)F)[nH]c(=S)n1. The molecule has 0 unspecified atom stereocenters. The van der Waals surface area contributed by atoms with Gasteiger partial charge < -0.3 is 9.72 Å². The largest absolute Gasteiger partial charge is 0.493 e. The fourth-order valence-electron chi connectivity index (χ4n) is 1.76. The molecule has 1 N–H and O–H groups in total. The first-order chi connectivity index (χ1) is 9.91. The average Bonchev–Trinajstić information content (AvgIpc) is 2.44. The Bertz CT molecular complexity index is 682. The van der Waals surface area contributed by atoms with E-state index in [2.05, 4.69) is 9.97 Å². The molecule has 1 heterocycles. The van der Waals surface area contributed by atoms with Crippen LogP contribution in [0.25, 0.3) is 11.3 Å². The Kier molecular flexibility index (Phi) is 4.62. The van der Waals surface area contributed by atoms with Gasteiger partial charge in [-0.3, -0.25) is 0 Å². The average molecular weight is 314 g/mol. The van der Waals surface area contributed by atoms with E-state index < -0.39 is 11.9 Å². The lowest BCUT2D eigenvalue weighted by atomic mass is 10.1. The molecule has 0 atom stereocenters. The first kappa shape index (κ1) is 15.5. The lowest BCUT2D eigenvalue weighted by Gasteiger charge is -2.12. The van der Waals surface area contributed by atoms with Crippen LogP contribution in [0.4, 0.5) is 13.2 Å². The predicted molar refractivity (Wildman–Crippen MR) is 75.6 cm³/mol. The number of hydrogen-bond acceptors (Lipinski definition) is 3. The molecule has 0 radical (unpaired) electrons. The van der Waals surface area contributed by atoms with Crippen LogP contribution in [0.3, 0.4) is 0 Å². The summed E-state index contributed by atoms with van der Waals surface area (Å²) in [5.41, 5.74) is -0.308. The number of benzene rings is 1. The molecule has 2 rings (SSSR count). The van der Waals surface area contributed by atoms with Crippen LogP contribution in [0, 0.1) is 4.77 Å². The number of halogens is 3. The summed E-state index contributed by atoms with van der Waals surface area (Å²) in [6.07, 6.45) is -3.71. The summed E-state index contributed by atoms with van der Waals surface area (Å²) in [6.45, 7) is 2.42. The van der Waals surface area contributed by atoms with Crippen LogP contribution < -0.4 is 4.74 Å². The minimum Gasteiger partial charge on any atom is -0.493 e. The molecule has 0 amide bonds. The van der Waals surface area contributed by atoms with Crippen molar-refractivity contribution in [3.05, 3.63) is 40.8 Å². The monoisotopic (exact) mass is 314 g/mol. The second-order valence-electron chi connectivity index (χ2n) is 4.33. The third kappa shape index (κ3) is 3.81. The Labute approximate surface area is 124 Å². The van der Waals surface area contributed by atoms with Gasteiger partial charge in [0.15, 0.2) is 4.77 Å². The quantitative estimate of drug-likeness (QED) is 0.837. The molecular formula is C14H13F3N2OS. The van der Waals surface area contributed by atoms with Gasteiger partial charge in [0.05, 0.1) is 12.3 Å². The van der Waals surface area contributed by atoms with Crippen LogP contribution >= 0.6 is 12.2 Å². The molecule has 0 saturated carbocycles. The van der Waals surface area contributed by atoms with E-state index in [1.54, 1.807) is 24.3 Å².